The summed E-state index contributed by atoms with van der Waals surface area (Å²) in [6.45, 7) is 1.70. The van der Waals surface area contributed by atoms with Crippen LogP contribution in [0.25, 0.3) is 10.8 Å². The van der Waals surface area contributed by atoms with Gasteiger partial charge in [-0.15, -0.1) is 0 Å². The second-order valence-electron chi connectivity index (χ2n) is 5.51. The SMILES string of the molecule is COc1ccc2c(=O)n(C(C)C(=O)Nc3ccccc3)ccc2c1. The van der Waals surface area contributed by atoms with E-state index in [0.717, 1.165) is 5.39 Å². The zero-order chi connectivity index (χ0) is 17.1. The minimum absolute atomic E-state index is 0.203. The van der Waals surface area contributed by atoms with E-state index in [2.05, 4.69) is 5.32 Å². The molecule has 1 N–H and O–H groups in total. The lowest BCUT2D eigenvalue weighted by Gasteiger charge is -2.16. The Kier molecular flexibility index (Phi) is 4.33. The van der Waals surface area contributed by atoms with E-state index < -0.39 is 6.04 Å². The smallest absolute Gasteiger partial charge is 0.259 e. The topological polar surface area (TPSA) is 60.3 Å². The van der Waals surface area contributed by atoms with Crippen LogP contribution in [-0.2, 0) is 4.79 Å². The molecular formula is C19H18N2O3. The zero-order valence-electron chi connectivity index (χ0n) is 13.5. The molecule has 3 rings (SSSR count). The first kappa shape index (κ1) is 15.8. The largest absolute Gasteiger partial charge is 0.497 e. The molecule has 24 heavy (non-hydrogen) atoms. The van der Waals surface area contributed by atoms with Crippen molar-refractivity contribution in [1.82, 2.24) is 4.57 Å². The number of ether oxygens (including phenoxy) is 1. The fraction of sp³-hybridized carbons (Fsp3) is 0.158. The van der Waals surface area contributed by atoms with Gasteiger partial charge in [0.1, 0.15) is 11.8 Å². The average molecular weight is 322 g/mol. The van der Waals surface area contributed by atoms with Gasteiger partial charge in [0.25, 0.3) is 5.56 Å². The number of anilines is 1. The van der Waals surface area contributed by atoms with E-state index in [1.807, 2.05) is 24.3 Å². The highest BCUT2D eigenvalue weighted by atomic mass is 16.5. The van der Waals surface area contributed by atoms with Crippen molar-refractivity contribution in [2.24, 2.45) is 0 Å². The molecule has 0 bridgehead atoms. The maximum atomic E-state index is 12.7. The molecule has 1 atom stereocenters. The van der Waals surface area contributed by atoms with Crippen LogP contribution in [0.1, 0.15) is 13.0 Å². The Balaban J connectivity index is 1.92. The molecule has 0 aliphatic carbocycles. The molecule has 5 heteroatoms. The number of pyridine rings is 1. The van der Waals surface area contributed by atoms with Crippen LogP contribution in [0.4, 0.5) is 5.69 Å². The summed E-state index contributed by atoms with van der Waals surface area (Å²) < 4.78 is 6.61. The van der Waals surface area contributed by atoms with E-state index in [9.17, 15) is 9.59 Å². The summed E-state index contributed by atoms with van der Waals surface area (Å²) in [6.07, 6.45) is 1.64. The number of carbonyl (C=O) groups excluding carboxylic acids is 1. The molecular weight excluding hydrogens is 304 g/mol. The number of hydrogen-bond acceptors (Lipinski definition) is 3. The number of hydrogen-bond donors (Lipinski definition) is 1. The highest BCUT2D eigenvalue weighted by Gasteiger charge is 2.17. The molecule has 0 aliphatic rings. The zero-order valence-corrected chi connectivity index (χ0v) is 13.5. The highest BCUT2D eigenvalue weighted by molar-refractivity contribution is 5.93. The number of fused-ring (bicyclic) bond motifs is 1. The van der Waals surface area contributed by atoms with Gasteiger partial charge in [-0.1, -0.05) is 18.2 Å². The van der Waals surface area contributed by atoms with Gasteiger partial charge in [0, 0.05) is 17.3 Å². The molecule has 3 aromatic rings. The number of rotatable bonds is 4. The van der Waals surface area contributed by atoms with Gasteiger partial charge < -0.3 is 14.6 Å². The van der Waals surface area contributed by atoms with Gasteiger partial charge >= 0.3 is 0 Å². The van der Waals surface area contributed by atoms with Crippen LogP contribution >= 0.6 is 0 Å². The molecule has 1 heterocycles. The first-order valence-electron chi connectivity index (χ1n) is 7.65. The molecule has 122 valence electrons. The van der Waals surface area contributed by atoms with Crippen LogP contribution in [0.3, 0.4) is 0 Å². The van der Waals surface area contributed by atoms with Crippen molar-refractivity contribution in [3.8, 4) is 5.75 Å². The molecule has 1 unspecified atom stereocenters. The quantitative estimate of drug-likeness (QED) is 0.802. The maximum Gasteiger partial charge on any atom is 0.259 e. The van der Waals surface area contributed by atoms with E-state index >= 15 is 0 Å². The molecule has 2 aromatic carbocycles. The minimum Gasteiger partial charge on any atom is -0.497 e. The Labute approximate surface area is 139 Å². The normalized spacial score (nSPS) is 11.9. The van der Waals surface area contributed by atoms with E-state index in [0.29, 0.717) is 16.8 Å². The lowest BCUT2D eigenvalue weighted by atomic mass is 10.1. The highest BCUT2D eigenvalue weighted by Crippen LogP contribution is 2.19. The van der Waals surface area contributed by atoms with Gasteiger partial charge in [-0.25, -0.2) is 0 Å². The molecule has 5 nitrogen and oxygen atoms in total. The van der Waals surface area contributed by atoms with Crippen LogP contribution in [0, 0.1) is 0 Å². The molecule has 0 radical (unpaired) electrons. The average Bonchev–Trinajstić information content (AvgIpc) is 2.62. The lowest BCUT2D eigenvalue weighted by molar-refractivity contribution is -0.118. The Hall–Kier alpha value is -3.08. The second-order valence-corrected chi connectivity index (χ2v) is 5.51. The van der Waals surface area contributed by atoms with Crippen LogP contribution in [0.15, 0.2) is 65.6 Å². The van der Waals surface area contributed by atoms with E-state index in [-0.39, 0.29) is 11.5 Å². The number of amides is 1. The van der Waals surface area contributed by atoms with Gasteiger partial charge in [0.2, 0.25) is 5.91 Å². The summed E-state index contributed by atoms with van der Waals surface area (Å²) in [5, 5.41) is 4.15. The van der Waals surface area contributed by atoms with Gasteiger partial charge in [-0.3, -0.25) is 9.59 Å². The summed E-state index contributed by atoms with van der Waals surface area (Å²) in [4.78, 5) is 25.1. The second kappa shape index (κ2) is 6.58. The molecule has 0 saturated carbocycles. The van der Waals surface area contributed by atoms with Crippen molar-refractivity contribution < 1.29 is 9.53 Å². The standard InChI is InChI=1S/C19H18N2O3/c1-13(18(22)20-15-6-4-3-5-7-15)21-11-10-14-12-16(24-2)8-9-17(14)19(21)23/h3-13H,1-2H3,(H,20,22). The molecule has 0 saturated heterocycles. The maximum absolute atomic E-state index is 12.7. The van der Waals surface area contributed by atoms with Crippen molar-refractivity contribution in [2.75, 3.05) is 12.4 Å². The minimum atomic E-state index is -0.621. The molecule has 0 fully saturated rings. The summed E-state index contributed by atoms with van der Waals surface area (Å²) in [5.74, 6) is 0.450. The predicted octanol–water partition coefficient (Wildman–Crippen LogP) is 3.21. The predicted molar refractivity (Wildman–Crippen MR) is 94.5 cm³/mol. The van der Waals surface area contributed by atoms with E-state index in [1.165, 1.54) is 4.57 Å². The van der Waals surface area contributed by atoms with Crippen LogP contribution in [0.5, 0.6) is 5.75 Å². The Morgan fingerprint density at radius 1 is 1.12 bits per heavy atom. The Morgan fingerprint density at radius 2 is 1.88 bits per heavy atom. The number of nitrogens with zero attached hydrogens (tertiary/aromatic N) is 1. The van der Waals surface area contributed by atoms with Crippen molar-refractivity contribution in [3.05, 3.63) is 71.1 Å². The van der Waals surface area contributed by atoms with Crippen LogP contribution < -0.4 is 15.6 Å². The van der Waals surface area contributed by atoms with Crippen molar-refractivity contribution in [1.29, 1.82) is 0 Å². The number of benzene rings is 2. The van der Waals surface area contributed by atoms with Gasteiger partial charge in [-0.2, -0.15) is 0 Å². The summed E-state index contributed by atoms with van der Waals surface area (Å²) in [7, 11) is 1.58. The van der Waals surface area contributed by atoms with Crippen molar-refractivity contribution >= 4 is 22.4 Å². The molecule has 0 aliphatic heterocycles. The lowest BCUT2D eigenvalue weighted by Crippen LogP contribution is -2.31. The van der Waals surface area contributed by atoms with E-state index in [4.69, 9.17) is 4.74 Å². The van der Waals surface area contributed by atoms with Crippen molar-refractivity contribution in [2.45, 2.75) is 13.0 Å². The van der Waals surface area contributed by atoms with E-state index in [1.54, 1.807) is 50.6 Å². The number of aromatic nitrogens is 1. The van der Waals surface area contributed by atoms with Crippen LogP contribution in [0.2, 0.25) is 0 Å². The summed E-state index contributed by atoms with van der Waals surface area (Å²) >= 11 is 0. The van der Waals surface area contributed by atoms with Crippen molar-refractivity contribution in [3.63, 3.8) is 0 Å². The molecule has 1 aromatic heterocycles. The number of methoxy groups -OCH3 is 1. The monoisotopic (exact) mass is 322 g/mol. The number of para-hydroxylation sites is 1. The van der Waals surface area contributed by atoms with Gasteiger partial charge in [-0.05, 0) is 48.7 Å². The third kappa shape index (κ3) is 3.01. The Bertz CT molecular complexity index is 932. The third-order valence-corrected chi connectivity index (χ3v) is 3.98. The summed E-state index contributed by atoms with van der Waals surface area (Å²) in [6, 6.07) is 15.6. The number of carbonyl (C=O) groups is 1. The first-order valence-corrected chi connectivity index (χ1v) is 7.65. The molecule has 1 amide bonds. The molecule has 0 spiro atoms. The fourth-order valence-corrected chi connectivity index (χ4v) is 2.57. The number of nitrogens with one attached hydrogen (secondary N) is 1. The van der Waals surface area contributed by atoms with Crippen LogP contribution in [-0.4, -0.2) is 17.6 Å². The summed E-state index contributed by atoms with van der Waals surface area (Å²) in [5.41, 5.74) is 0.499. The fourth-order valence-electron chi connectivity index (χ4n) is 2.57. The third-order valence-electron chi connectivity index (χ3n) is 3.98. The first-order chi connectivity index (χ1) is 11.6. The van der Waals surface area contributed by atoms with Gasteiger partial charge in [0.15, 0.2) is 0 Å². The van der Waals surface area contributed by atoms with Gasteiger partial charge in [0.05, 0.1) is 7.11 Å². The Morgan fingerprint density at radius 3 is 2.58 bits per heavy atom.